The van der Waals surface area contributed by atoms with Crippen LogP contribution in [0.4, 0.5) is 5.69 Å². The van der Waals surface area contributed by atoms with Gasteiger partial charge in [-0.3, -0.25) is 0 Å². The molecular weight excluding hydrogens is 208 g/mol. The van der Waals surface area contributed by atoms with E-state index in [1.807, 2.05) is 18.2 Å². The Morgan fingerprint density at radius 2 is 1.71 bits per heavy atom. The molecule has 0 unspecified atom stereocenters. The van der Waals surface area contributed by atoms with Crippen molar-refractivity contribution in [2.24, 2.45) is 0 Å². The van der Waals surface area contributed by atoms with Gasteiger partial charge in [0.1, 0.15) is 0 Å². The molecule has 0 aliphatic heterocycles. The molecule has 0 saturated carbocycles. The second-order valence-electron chi connectivity index (χ2n) is 4.24. The van der Waals surface area contributed by atoms with Gasteiger partial charge in [0, 0.05) is 16.5 Å². The Balaban J connectivity index is 2.49. The van der Waals surface area contributed by atoms with E-state index in [-0.39, 0.29) is 0 Å². The van der Waals surface area contributed by atoms with E-state index in [1.54, 1.807) is 0 Å². The zero-order chi connectivity index (χ0) is 11.8. The van der Waals surface area contributed by atoms with E-state index in [2.05, 4.69) is 36.2 Å². The van der Waals surface area contributed by atoms with Gasteiger partial charge in [-0.25, -0.2) is 4.98 Å². The fourth-order valence-corrected chi connectivity index (χ4v) is 2.27. The summed E-state index contributed by atoms with van der Waals surface area (Å²) in [6.45, 7) is 2.16. The summed E-state index contributed by atoms with van der Waals surface area (Å²) < 4.78 is 0. The highest BCUT2D eigenvalue weighted by molar-refractivity contribution is 5.99. The van der Waals surface area contributed by atoms with Gasteiger partial charge in [-0.2, -0.15) is 0 Å². The van der Waals surface area contributed by atoms with E-state index >= 15 is 0 Å². The fraction of sp³-hybridized carbons (Fsp3) is 0.133. The molecule has 0 atom stereocenters. The number of fused-ring (bicyclic) bond motifs is 2. The summed E-state index contributed by atoms with van der Waals surface area (Å²) in [5, 5.41) is 2.25. The molecule has 0 fully saturated rings. The van der Waals surface area contributed by atoms with Gasteiger partial charge in [-0.15, -0.1) is 0 Å². The minimum atomic E-state index is 0.794. The predicted octanol–water partition coefficient (Wildman–Crippen LogP) is 3.53. The van der Waals surface area contributed by atoms with Crippen molar-refractivity contribution in [3.63, 3.8) is 0 Å². The molecule has 3 aromatic rings. The molecule has 2 nitrogen and oxygen atoms in total. The molecule has 2 aromatic carbocycles. The number of anilines is 1. The van der Waals surface area contributed by atoms with Crippen LogP contribution in [-0.2, 0) is 6.42 Å². The van der Waals surface area contributed by atoms with Crippen molar-refractivity contribution in [1.29, 1.82) is 0 Å². The first-order chi connectivity index (χ1) is 8.29. The number of nitrogens with two attached hydrogens (primary N) is 1. The molecule has 2 heteroatoms. The number of hydrogen-bond acceptors (Lipinski definition) is 2. The molecule has 0 amide bonds. The van der Waals surface area contributed by atoms with Crippen molar-refractivity contribution >= 4 is 27.5 Å². The fourth-order valence-electron chi connectivity index (χ4n) is 2.27. The molecule has 0 spiro atoms. The first-order valence-electron chi connectivity index (χ1n) is 5.86. The Bertz CT molecular complexity index is 702. The third-order valence-electron chi connectivity index (χ3n) is 3.20. The Labute approximate surface area is 100 Å². The number of benzene rings is 2. The van der Waals surface area contributed by atoms with Gasteiger partial charge in [-0.1, -0.05) is 25.1 Å². The number of hydrogen-bond donors (Lipinski definition) is 1. The highest BCUT2D eigenvalue weighted by atomic mass is 14.7. The van der Waals surface area contributed by atoms with E-state index in [1.165, 1.54) is 10.9 Å². The van der Waals surface area contributed by atoms with Crippen LogP contribution < -0.4 is 5.73 Å². The maximum Gasteiger partial charge on any atom is 0.0730 e. The van der Waals surface area contributed by atoms with Crippen molar-refractivity contribution < 1.29 is 0 Å². The van der Waals surface area contributed by atoms with Gasteiger partial charge in [0.25, 0.3) is 0 Å². The zero-order valence-electron chi connectivity index (χ0n) is 9.77. The van der Waals surface area contributed by atoms with Crippen LogP contribution in [-0.4, -0.2) is 4.98 Å². The Kier molecular flexibility index (Phi) is 2.22. The number of aromatic nitrogens is 1. The normalized spacial score (nSPS) is 11.1. The second-order valence-corrected chi connectivity index (χ2v) is 4.24. The third kappa shape index (κ3) is 1.53. The minimum absolute atomic E-state index is 0.794. The number of pyridine rings is 1. The summed E-state index contributed by atoms with van der Waals surface area (Å²) in [6.07, 6.45) is 1.01. The molecule has 3 rings (SSSR count). The molecule has 17 heavy (non-hydrogen) atoms. The van der Waals surface area contributed by atoms with Crippen molar-refractivity contribution in [1.82, 2.24) is 4.98 Å². The molecule has 0 radical (unpaired) electrons. The first-order valence-corrected chi connectivity index (χ1v) is 5.86. The van der Waals surface area contributed by atoms with Crippen LogP contribution in [0.3, 0.4) is 0 Å². The molecule has 84 valence electrons. The minimum Gasteiger partial charge on any atom is -0.398 e. The van der Waals surface area contributed by atoms with Crippen LogP contribution in [0.15, 0.2) is 42.5 Å². The molecule has 1 heterocycles. The van der Waals surface area contributed by atoms with E-state index in [4.69, 9.17) is 5.73 Å². The maximum atomic E-state index is 6.00. The summed E-state index contributed by atoms with van der Waals surface area (Å²) in [5.41, 5.74) is 10.1. The lowest BCUT2D eigenvalue weighted by Crippen LogP contribution is -1.91. The maximum absolute atomic E-state index is 6.00. The topological polar surface area (TPSA) is 38.9 Å². The van der Waals surface area contributed by atoms with Gasteiger partial charge in [0.2, 0.25) is 0 Å². The van der Waals surface area contributed by atoms with Crippen molar-refractivity contribution in [3.05, 3.63) is 48.0 Å². The smallest absolute Gasteiger partial charge is 0.0730 e. The van der Waals surface area contributed by atoms with Crippen LogP contribution in [0.5, 0.6) is 0 Å². The van der Waals surface area contributed by atoms with Crippen molar-refractivity contribution in [3.8, 4) is 0 Å². The number of aryl methyl sites for hydroxylation is 1. The molecule has 0 aliphatic rings. The average Bonchev–Trinajstić information content (AvgIpc) is 2.36. The average molecular weight is 222 g/mol. The standard InChI is InChI=1S/C15H14N2/c1-2-10-5-3-7-14-11(10)9-12-13(16)6-4-8-15(12)17-14/h3-9H,2,16H2,1H3. The first kappa shape index (κ1) is 10.1. The number of nitrogens with zero attached hydrogens (tertiary/aromatic N) is 1. The summed E-state index contributed by atoms with van der Waals surface area (Å²) >= 11 is 0. The molecule has 0 bridgehead atoms. The summed E-state index contributed by atoms with van der Waals surface area (Å²) in [6, 6.07) is 14.3. The monoisotopic (exact) mass is 222 g/mol. The summed E-state index contributed by atoms with van der Waals surface area (Å²) in [7, 11) is 0. The molecule has 2 N–H and O–H groups in total. The molecular formula is C15H14N2. The van der Waals surface area contributed by atoms with Crippen LogP contribution in [0.1, 0.15) is 12.5 Å². The Hall–Kier alpha value is -2.09. The van der Waals surface area contributed by atoms with E-state index in [9.17, 15) is 0 Å². The van der Waals surface area contributed by atoms with Gasteiger partial charge in [-0.05, 0) is 36.2 Å². The second kappa shape index (κ2) is 3.74. The zero-order valence-corrected chi connectivity index (χ0v) is 9.77. The van der Waals surface area contributed by atoms with Crippen LogP contribution >= 0.6 is 0 Å². The van der Waals surface area contributed by atoms with E-state index in [0.717, 1.165) is 28.5 Å². The third-order valence-corrected chi connectivity index (χ3v) is 3.20. The lowest BCUT2D eigenvalue weighted by molar-refractivity contribution is 1.16. The SMILES string of the molecule is CCc1cccc2nc3cccc(N)c3cc12. The number of nitrogen functional groups attached to an aromatic ring is 1. The van der Waals surface area contributed by atoms with E-state index < -0.39 is 0 Å². The van der Waals surface area contributed by atoms with Gasteiger partial charge in [0.15, 0.2) is 0 Å². The van der Waals surface area contributed by atoms with Gasteiger partial charge >= 0.3 is 0 Å². The quantitative estimate of drug-likeness (QED) is 0.505. The van der Waals surface area contributed by atoms with Crippen LogP contribution in [0, 0.1) is 0 Å². The Morgan fingerprint density at radius 1 is 1.00 bits per heavy atom. The summed E-state index contributed by atoms with van der Waals surface area (Å²) in [4.78, 5) is 4.67. The lowest BCUT2D eigenvalue weighted by Gasteiger charge is -2.07. The lowest BCUT2D eigenvalue weighted by atomic mass is 10.0. The predicted molar refractivity (Wildman–Crippen MR) is 73.0 cm³/mol. The van der Waals surface area contributed by atoms with Crippen molar-refractivity contribution in [2.75, 3.05) is 5.73 Å². The molecule has 0 aliphatic carbocycles. The summed E-state index contributed by atoms with van der Waals surface area (Å²) in [5.74, 6) is 0. The largest absolute Gasteiger partial charge is 0.398 e. The van der Waals surface area contributed by atoms with Crippen LogP contribution in [0.25, 0.3) is 21.8 Å². The van der Waals surface area contributed by atoms with Gasteiger partial charge in [0.05, 0.1) is 11.0 Å². The van der Waals surface area contributed by atoms with Gasteiger partial charge < -0.3 is 5.73 Å². The van der Waals surface area contributed by atoms with Crippen LogP contribution in [0.2, 0.25) is 0 Å². The van der Waals surface area contributed by atoms with Crippen molar-refractivity contribution in [2.45, 2.75) is 13.3 Å². The highest BCUT2D eigenvalue weighted by Crippen LogP contribution is 2.26. The van der Waals surface area contributed by atoms with E-state index in [0.29, 0.717) is 0 Å². The number of rotatable bonds is 1. The molecule has 0 saturated heterocycles. The molecule has 1 aromatic heterocycles. The Morgan fingerprint density at radius 3 is 2.47 bits per heavy atom. The highest BCUT2D eigenvalue weighted by Gasteiger charge is 2.04.